The first-order valence-corrected chi connectivity index (χ1v) is 13.2. The van der Waals surface area contributed by atoms with Crippen molar-refractivity contribution in [3.63, 3.8) is 0 Å². The molecule has 0 saturated heterocycles. The van der Waals surface area contributed by atoms with Crippen LogP contribution >= 0.6 is 0 Å². The maximum Gasteiger partial charge on any atom is 0.490 e. The number of amides is 1. The van der Waals surface area contributed by atoms with Gasteiger partial charge in [-0.2, -0.15) is 13.2 Å². The summed E-state index contributed by atoms with van der Waals surface area (Å²) in [5, 5.41) is 3.43. The fourth-order valence-electron chi connectivity index (χ4n) is 4.39. The summed E-state index contributed by atoms with van der Waals surface area (Å²) < 4.78 is 60.7. The summed E-state index contributed by atoms with van der Waals surface area (Å²) in [4.78, 5) is 47.7. The smallest absolute Gasteiger partial charge is 0.490 e. The molecule has 2 unspecified atom stereocenters. The van der Waals surface area contributed by atoms with Crippen LogP contribution in [0, 0.1) is 0 Å². The van der Waals surface area contributed by atoms with Crippen molar-refractivity contribution in [1.82, 2.24) is 15.3 Å². The van der Waals surface area contributed by atoms with Crippen LogP contribution in [0.1, 0.15) is 47.5 Å². The van der Waals surface area contributed by atoms with Crippen LogP contribution in [0.4, 0.5) is 13.2 Å². The number of nitrogens with zero attached hydrogens (tertiary/aromatic N) is 2. The van der Waals surface area contributed by atoms with Gasteiger partial charge >= 0.3 is 12.1 Å². The molecule has 0 radical (unpaired) electrons. The van der Waals surface area contributed by atoms with Crippen LogP contribution < -0.4 is 19.5 Å². The van der Waals surface area contributed by atoms with Gasteiger partial charge in [-0.1, -0.05) is 18.2 Å². The number of halogens is 3. The Morgan fingerprint density at radius 2 is 1.61 bits per heavy atom. The molecule has 2 aromatic carbocycles. The minimum absolute atomic E-state index is 0.121. The second kappa shape index (κ2) is 13.4. The monoisotopic (exact) mass is 611 g/mol. The van der Waals surface area contributed by atoms with Crippen molar-refractivity contribution < 1.29 is 46.5 Å². The standard InChI is InChI=1S/C31H28F3N3O7/c1-17(2)43-21-9-5-7-18(11-21)27(38)26(23-16-36-15-20-12-24(41-3)25(42-4)13-22(20)23)37-29(39)28(19-8-6-10-35-14-19)44-30(40)31(32,33)34/h5-17,26,28H,1-4H3,(H,37,39). The van der Waals surface area contributed by atoms with Gasteiger partial charge in [0.1, 0.15) is 11.8 Å². The van der Waals surface area contributed by atoms with Crippen LogP contribution in [0.3, 0.4) is 0 Å². The van der Waals surface area contributed by atoms with Crippen molar-refractivity contribution in [2.75, 3.05) is 14.2 Å². The molecule has 0 bridgehead atoms. The SMILES string of the molecule is COc1cc2cncc(C(NC(=O)C(OC(=O)C(F)(F)F)c3cccnc3)C(=O)c3cccc(OC(C)C)c3)c2cc1OC. The highest BCUT2D eigenvalue weighted by Crippen LogP contribution is 2.36. The summed E-state index contributed by atoms with van der Waals surface area (Å²) in [7, 11) is 2.86. The molecule has 230 valence electrons. The number of methoxy groups -OCH3 is 2. The van der Waals surface area contributed by atoms with Crippen molar-refractivity contribution in [3.8, 4) is 17.2 Å². The lowest BCUT2D eigenvalue weighted by molar-refractivity contribution is -0.205. The molecule has 44 heavy (non-hydrogen) atoms. The van der Waals surface area contributed by atoms with Crippen molar-refractivity contribution in [2.45, 2.75) is 38.3 Å². The molecule has 1 amide bonds. The van der Waals surface area contributed by atoms with E-state index in [2.05, 4.69) is 20.0 Å². The first kappa shape index (κ1) is 31.7. The van der Waals surface area contributed by atoms with Crippen LogP contribution in [0.2, 0.25) is 0 Å². The summed E-state index contributed by atoms with van der Waals surface area (Å²) in [6.07, 6.45) is -2.44. The van der Waals surface area contributed by atoms with Crippen molar-refractivity contribution in [1.29, 1.82) is 0 Å². The number of carbonyl (C=O) groups is 3. The number of nitrogens with one attached hydrogen (secondary N) is 1. The van der Waals surface area contributed by atoms with Gasteiger partial charge in [-0.25, -0.2) is 4.79 Å². The number of rotatable bonds is 11. The van der Waals surface area contributed by atoms with E-state index in [-0.39, 0.29) is 22.8 Å². The number of esters is 1. The number of ketones is 1. The zero-order valence-electron chi connectivity index (χ0n) is 24.0. The Labute approximate surface area is 250 Å². The third kappa shape index (κ3) is 7.22. The highest BCUT2D eigenvalue weighted by molar-refractivity contribution is 6.05. The van der Waals surface area contributed by atoms with E-state index in [1.165, 1.54) is 57.1 Å². The molecule has 0 fully saturated rings. The van der Waals surface area contributed by atoms with Gasteiger partial charge < -0.3 is 24.3 Å². The highest BCUT2D eigenvalue weighted by Gasteiger charge is 2.44. The fraction of sp³-hybridized carbons (Fsp3) is 0.258. The van der Waals surface area contributed by atoms with E-state index in [1.54, 1.807) is 24.3 Å². The fourth-order valence-corrected chi connectivity index (χ4v) is 4.39. The second-order valence-corrected chi connectivity index (χ2v) is 9.73. The summed E-state index contributed by atoms with van der Waals surface area (Å²) in [5.74, 6) is -3.38. The predicted molar refractivity (Wildman–Crippen MR) is 151 cm³/mol. The molecule has 2 heterocycles. The summed E-state index contributed by atoms with van der Waals surface area (Å²) >= 11 is 0. The van der Waals surface area contributed by atoms with Crippen LogP contribution in [0.15, 0.2) is 73.3 Å². The van der Waals surface area contributed by atoms with E-state index in [4.69, 9.17) is 14.2 Å². The second-order valence-electron chi connectivity index (χ2n) is 9.73. The summed E-state index contributed by atoms with van der Waals surface area (Å²) in [5.41, 5.74) is 0.156. The van der Waals surface area contributed by atoms with Gasteiger partial charge in [0.2, 0.25) is 6.10 Å². The van der Waals surface area contributed by atoms with Crippen LogP contribution in [-0.2, 0) is 14.3 Å². The quantitative estimate of drug-likeness (QED) is 0.177. The van der Waals surface area contributed by atoms with E-state index in [0.29, 0.717) is 28.0 Å². The lowest BCUT2D eigenvalue weighted by Crippen LogP contribution is -2.40. The number of benzene rings is 2. The van der Waals surface area contributed by atoms with Crippen LogP contribution in [0.5, 0.6) is 17.2 Å². The Morgan fingerprint density at radius 3 is 2.25 bits per heavy atom. The first-order chi connectivity index (χ1) is 20.9. The zero-order chi connectivity index (χ0) is 32.0. The van der Waals surface area contributed by atoms with Crippen LogP contribution in [0.25, 0.3) is 10.8 Å². The molecule has 4 aromatic rings. The van der Waals surface area contributed by atoms with E-state index < -0.39 is 36.0 Å². The van der Waals surface area contributed by atoms with Gasteiger partial charge in [-0.15, -0.1) is 0 Å². The summed E-state index contributed by atoms with van der Waals surface area (Å²) in [6.45, 7) is 3.61. The Bertz CT molecular complexity index is 1660. The normalized spacial score (nSPS) is 12.7. The molecule has 0 aliphatic rings. The molecule has 0 spiro atoms. The maximum absolute atomic E-state index is 14.1. The molecule has 1 N–H and O–H groups in total. The van der Waals surface area contributed by atoms with Crippen molar-refractivity contribution in [2.24, 2.45) is 0 Å². The van der Waals surface area contributed by atoms with E-state index in [1.807, 2.05) is 13.8 Å². The number of hydrogen-bond donors (Lipinski definition) is 1. The highest BCUT2D eigenvalue weighted by atomic mass is 19.4. The number of fused-ring (bicyclic) bond motifs is 1. The van der Waals surface area contributed by atoms with Gasteiger partial charge in [0.05, 0.1) is 20.3 Å². The first-order valence-electron chi connectivity index (χ1n) is 13.2. The minimum Gasteiger partial charge on any atom is -0.493 e. The maximum atomic E-state index is 14.1. The molecule has 0 saturated carbocycles. The van der Waals surface area contributed by atoms with Gasteiger partial charge in [-0.3, -0.25) is 19.6 Å². The number of carbonyl (C=O) groups excluding carboxylic acids is 3. The number of ether oxygens (including phenoxy) is 4. The molecule has 4 rings (SSSR count). The average Bonchev–Trinajstić information content (AvgIpc) is 3.00. The zero-order valence-corrected chi connectivity index (χ0v) is 24.0. The van der Waals surface area contributed by atoms with Gasteiger partial charge in [0.25, 0.3) is 5.91 Å². The minimum atomic E-state index is -5.39. The lowest BCUT2D eigenvalue weighted by Gasteiger charge is -2.24. The molecular formula is C31H28F3N3O7. The van der Waals surface area contributed by atoms with Crippen molar-refractivity contribution >= 4 is 28.4 Å². The molecule has 2 atom stereocenters. The third-order valence-corrected chi connectivity index (χ3v) is 6.33. The number of Topliss-reactive ketones (excluding diaryl/α,β-unsaturated/α-hetero) is 1. The number of alkyl halides is 3. The average molecular weight is 612 g/mol. The van der Waals surface area contributed by atoms with E-state index >= 15 is 0 Å². The number of hydrogen-bond acceptors (Lipinski definition) is 9. The van der Waals surface area contributed by atoms with Crippen LogP contribution in [-0.4, -0.2) is 54.1 Å². The molecule has 0 aliphatic carbocycles. The van der Waals surface area contributed by atoms with Gasteiger partial charge in [0.15, 0.2) is 17.3 Å². The predicted octanol–water partition coefficient (Wildman–Crippen LogP) is 5.32. The Morgan fingerprint density at radius 1 is 0.886 bits per heavy atom. The topological polar surface area (TPSA) is 126 Å². The lowest BCUT2D eigenvalue weighted by atomic mass is 9.94. The Hall–Kier alpha value is -5.20. The largest absolute Gasteiger partial charge is 0.493 e. The van der Waals surface area contributed by atoms with Gasteiger partial charge in [0, 0.05) is 46.9 Å². The Kier molecular flexibility index (Phi) is 9.67. The van der Waals surface area contributed by atoms with E-state index in [9.17, 15) is 27.6 Å². The summed E-state index contributed by atoms with van der Waals surface area (Å²) in [6, 6.07) is 10.5. The van der Waals surface area contributed by atoms with E-state index in [0.717, 1.165) is 6.20 Å². The Balaban J connectivity index is 1.85. The third-order valence-electron chi connectivity index (χ3n) is 6.33. The van der Waals surface area contributed by atoms with Crippen molar-refractivity contribution in [3.05, 3.63) is 90.0 Å². The molecule has 10 nitrogen and oxygen atoms in total. The molecular weight excluding hydrogens is 583 g/mol. The number of aromatic nitrogens is 2. The molecule has 13 heteroatoms. The van der Waals surface area contributed by atoms with Gasteiger partial charge in [-0.05, 0) is 49.6 Å². The molecule has 2 aromatic heterocycles. The molecule has 0 aliphatic heterocycles. The number of pyridine rings is 2.